The molecular weight excluding hydrogens is 196 g/mol. The number of aryl methyl sites for hydroxylation is 3. The van der Waals surface area contributed by atoms with Crippen molar-refractivity contribution in [2.45, 2.75) is 39.8 Å². The topological polar surface area (TPSA) is 24.1 Å². The Morgan fingerprint density at radius 2 is 1.94 bits per heavy atom. The van der Waals surface area contributed by atoms with E-state index in [9.17, 15) is 0 Å². The van der Waals surface area contributed by atoms with Crippen molar-refractivity contribution in [2.75, 3.05) is 13.1 Å². The average Bonchev–Trinajstić information content (AvgIpc) is 2.74. The highest BCUT2D eigenvalue weighted by atomic mass is 15.0. The Bertz CT molecular complexity index is 365. The molecule has 0 bridgehead atoms. The zero-order chi connectivity index (χ0) is 11.5. The summed E-state index contributed by atoms with van der Waals surface area (Å²) < 4.78 is 0. The first kappa shape index (κ1) is 11.6. The van der Waals surface area contributed by atoms with Crippen LogP contribution in [0, 0.1) is 20.8 Å². The van der Waals surface area contributed by atoms with Crippen LogP contribution >= 0.6 is 0 Å². The van der Waals surface area contributed by atoms with Gasteiger partial charge in [0.2, 0.25) is 0 Å². The molecule has 1 atom stereocenters. The quantitative estimate of drug-likeness (QED) is 0.811. The lowest BCUT2D eigenvalue weighted by atomic mass is 10.0. The summed E-state index contributed by atoms with van der Waals surface area (Å²) in [6, 6.07) is 5.26. The van der Waals surface area contributed by atoms with Crippen molar-refractivity contribution >= 4 is 0 Å². The molecule has 16 heavy (non-hydrogen) atoms. The van der Waals surface area contributed by atoms with Crippen molar-refractivity contribution in [3.63, 3.8) is 0 Å². The third kappa shape index (κ3) is 2.63. The first-order valence-corrected chi connectivity index (χ1v) is 6.17. The summed E-state index contributed by atoms with van der Waals surface area (Å²) in [7, 11) is 0. The van der Waals surface area contributed by atoms with Crippen molar-refractivity contribution in [1.82, 2.24) is 10.6 Å². The van der Waals surface area contributed by atoms with Crippen molar-refractivity contribution in [2.24, 2.45) is 0 Å². The van der Waals surface area contributed by atoms with Crippen molar-refractivity contribution in [3.05, 3.63) is 34.4 Å². The van der Waals surface area contributed by atoms with Gasteiger partial charge in [0.05, 0.1) is 0 Å². The molecule has 1 unspecified atom stereocenters. The summed E-state index contributed by atoms with van der Waals surface area (Å²) in [5, 5.41) is 7.00. The predicted molar refractivity (Wildman–Crippen MR) is 68.8 cm³/mol. The van der Waals surface area contributed by atoms with E-state index in [1.54, 1.807) is 0 Å². The Kier molecular flexibility index (Phi) is 3.62. The van der Waals surface area contributed by atoms with Crippen molar-refractivity contribution < 1.29 is 0 Å². The van der Waals surface area contributed by atoms with Crippen molar-refractivity contribution in [1.29, 1.82) is 0 Å². The highest BCUT2D eigenvalue weighted by Crippen LogP contribution is 2.15. The zero-order valence-electron chi connectivity index (χ0n) is 10.6. The monoisotopic (exact) mass is 218 g/mol. The largest absolute Gasteiger partial charge is 0.315 e. The minimum atomic E-state index is 0.654. The molecule has 0 aliphatic carbocycles. The molecule has 1 aromatic rings. The van der Waals surface area contributed by atoms with E-state index in [1.807, 2.05) is 0 Å². The predicted octanol–water partition coefficient (Wildman–Crippen LogP) is 2.06. The van der Waals surface area contributed by atoms with Crippen LogP contribution in [0.5, 0.6) is 0 Å². The molecule has 1 aliphatic rings. The lowest BCUT2D eigenvalue weighted by Crippen LogP contribution is -2.30. The molecule has 2 N–H and O–H groups in total. The van der Waals surface area contributed by atoms with E-state index >= 15 is 0 Å². The SMILES string of the molecule is Cc1cc(C)c(CNC2CCNC2)cc1C. The molecule has 88 valence electrons. The summed E-state index contributed by atoms with van der Waals surface area (Å²) in [5.74, 6) is 0. The maximum Gasteiger partial charge on any atom is 0.0211 e. The van der Waals surface area contributed by atoms with Gasteiger partial charge >= 0.3 is 0 Å². The highest BCUT2D eigenvalue weighted by molar-refractivity contribution is 5.36. The maximum atomic E-state index is 3.62. The van der Waals surface area contributed by atoms with Crippen LogP contribution in [0.15, 0.2) is 12.1 Å². The first-order valence-electron chi connectivity index (χ1n) is 6.17. The van der Waals surface area contributed by atoms with Gasteiger partial charge in [-0.15, -0.1) is 0 Å². The van der Waals surface area contributed by atoms with Crippen LogP contribution in [0.1, 0.15) is 28.7 Å². The van der Waals surface area contributed by atoms with Gasteiger partial charge in [0.1, 0.15) is 0 Å². The van der Waals surface area contributed by atoms with Gasteiger partial charge in [-0.05, 0) is 56.0 Å². The molecular formula is C14H22N2. The lowest BCUT2D eigenvalue weighted by Gasteiger charge is -2.14. The smallest absolute Gasteiger partial charge is 0.0211 e. The molecule has 1 heterocycles. The summed E-state index contributed by atoms with van der Waals surface area (Å²) in [6.45, 7) is 9.85. The normalized spacial score (nSPS) is 20.3. The first-order chi connectivity index (χ1) is 7.66. The highest BCUT2D eigenvalue weighted by Gasteiger charge is 2.13. The van der Waals surface area contributed by atoms with Gasteiger partial charge in [0.15, 0.2) is 0 Å². The molecule has 0 spiro atoms. The minimum absolute atomic E-state index is 0.654. The van der Waals surface area contributed by atoms with Gasteiger partial charge in [0.25, 0.3) is 0 Å². The van der Waals surface area contributed by atoms with E-state index in [1.165, 1.54) is 28.7 Å². The fraction of sp³-hybridized carbons (Fsp3) is 0.571. The van der Waals surface area contributed by atoms with Gasteiger partial charge in [-0.3, -0.25) is 0 Å². The Labute approximate surface area is 98.4 Å². The number of benzene rings is 1. The molecule has 0 radical (unpaired) electrons. The summed E-state index contributed by atoms with van der Waals surface area (Å²) in [6.07, 6.45) is 1.25. The van der Waals surface area contributed by atoms with E-state index in [0.29, 0.717) is 6.04 Å². The average molecular weight is 218 g/mol. The number of hydrogen-bond acceptors (Lipinski definition) is 2. The Morgan fingerprint density at radius 3 is 2.62 bits per heavy atom. The summed E-state index contributed by atoms with van der Waals surface area (Å²) >= 11 is 0. The van der Waals surface area contributed by atoms with Gasteiger partial charge in [0, 0.05) is 19.1 Å². The standard InChI is InChI=1S/C14H22N2/c1-10-6-12(3)13(7-11(10)2)8-16-14-4-5-15-9-14/h6-7,14-16H,4-5,8-9H2,1-3H3. The van der Waals surface area contributed by atoms with Gasteiger partial charge in [-0.2, -0.15) is 0 Å². The van der Waals surface area contributed by atoms with Gasteiger partial charge < -0.3 is 10.6 Å². The third-order valence-electron chi connectivity index (χ3n) is 3.59. The maximum absolute atomic E-state index is 3.62. The van der Waals surface area contributed by atoms with Crippen LogP contribution in [-0.4, -0.2) is 19.1 Å². The van der Waals surface area contributed by atoms with Gasteiger partial charge in [-0.25, -0.2) is 0 Å². The molecule has 0 aromatic heterocycles. The van der Waals surface area contributed by atoms with Crippen LogP contribution in [0.2, 0.25) is 0 Å². The number of hydrogen-bond donors (Lipinski definition) is 2. The Morgan fingerprint density at radius 1 is 1.19 bits per heavy atom. The molecule has 2 rings (SSSR count). The molecule has 1 saturated heterocycles. The van der Waals surface area contributed by atoms with Crippen LogP contribution in [0.3, 0.4) is 0 Å². The molecule has 1 aliphatic heterocycles. The van der Waals surface area contributed by atoms with E-state index in [0.717, 1.165) is 19.6 Å². The molecule has 2 heteroatoms. The summed E-state index contributed by atoms with van der Waals surface area (Å²) in [4.78, 5) is 0. The van der Waals surface area contributed by atoms with Crippen LogP contribution in [-0.2, 0) is 6.54 Å². The number of rotatable bonds is 3. The molecule has 2 nitrogen and oxygen atoms in total. The zero-order valence-corrected chi connectivity index (χ0v) is 10.6. The van der Waals surface area contributed by atoms with Gasteiger partial charge in [-0.1, -0.05) is 12.1 Å². The molecule has 0 amide bonds. The molecule has 0 saturated carbocycles. The van der Waals surface area contributed by atoms with Crippen molar-refractivity contribution in [3.8, 4) is 0 Å². The molecule has 1 fully saturated rings. The fourth-order valence-corrected chi connectivity index (χ4v) is 2.29. The molecule has 1 aromatic carbocycles. The van der Waals surface area contributed by atoms with E-state index in [-0.39, 0.29) is 0 Å². The number of nitrogens with one attached hydrogen (secondary N) is 2. The van der Waals surface area contributed by atoms with Crippen LogP contribution in [0.4, 0.5) is 0 Å². The second-order valence-electron chi connectivity index (χ2n) is 4.93. The van der Waals surface area contributed by atoms with E-state index in [2.05, 4.69) is 43.5 Å². The lowest BCUT2D eigenvalue weighted by molar-refractivity contribution is 0.546. The Hall–Kier alpha value is -0.860. The second kappa shape index (κ2) is 4.98. The minimum Gasteiger partial charge on any atom is -0.315 e. The fourth-order valence-electron chi connectivity index (χ4n) is 2.29. The summed E-state index contributed by atoms with van der Waals surface area (Å²) in [5.41, 5.74) is 5.63. The van der Waals surface area contributed by atoms with E-state index in [4.69, 9.17) is 0 Å². The third-order valence-corrected chi connectivity index (χ3v) is 3.59. The van der Waals surface area contributed by atoms with Crippen LogP contribution < -0.4 is 10.6 Å². The Balaban J connectivity index is 2.00. The van der Waals surface area contributed by atoms with E-state index < -0.39 is 0 Å². The van der Waals surface area contributed by atoms with Crippen LogP contribution in [0.25, 0.3) is 0 Å². The second-order valence-corrected chi connectivity index (χ2v) is 4.93.